The highest BCUT2D eigenvalue weighted by Crippen LogP contribution is 2.35. The molecule has 0 spiro atoms. The Morgan fingerprint density at radius 2 is 2.05 bits per heavy atom. The van der Waals surface area contributed by atoms with Crippen LogP contribution in [0.25, 0.3) is 0 Å². The maximum atomic E-state index is 9.10. The fraction of sp³-hybridized carbons (Fsp3) is 0.588. The van der Waals surface area contributed by atoms with Gasteiger partial charge in [0.1, 0.15) is 11.8 Å². The van der Waals surface area contributed by atoms with Crippen LogP contribution in [0.2, 0.25) is 0 Å². The number of hydrogen-bond acceptors (Lipinski definition) is 3. The van der Waals surface area contributed by atoms with E-state index in [4.69, 9.17) is 10.00 Å². The highest BCUT2D eigenvalue weighted by molar-refractivity contribution is 5.45. The van der Waals surface area contributed by atoms with Gasteiger partial charge >= 0.3 is 0 Å². The molecule has 0 atom stereocenters. The van der Waals surface area contributed by atoms with Crippen molar-refractivity contribution >= 4 is 0 Å². The minimum absolute atomic E-state index is 0.506. The normalized spacial score (nSPS) is 18.5. The lowest BCUT2D eigenvalue weighted by molar-refractivity contribution is 0.206. The summed E-state index contributed by atoms with van der Waals surface area (Å²) in [5, 5.41) is 12.7. The van der Waals surface area contributed by atoms with E-state index in [1.807, 2.05) is 18.2 Å². The summed E-state index contributed by atoms with van der Waals surface area (Å²) < 4.78 is 5.17. The molecule has 0 saturated heterocycles. The van der Waals surface area contributed by atoms with Crippen LogP contribution in [0.1, 0.15) is 50.7 Å². The monoisotopic (exact) mass is 272 g/mol. The Morgan fingerprint density at radius 3 is 2.65 bits per heavy atom. The fourth-order valence-corrected chi connectivity index (χ4v) is 2.82. The van der Waals surface area contributed by atoms with Crippen LogP contribution in [0.4, 0.5) is 0 Å². The lowest BCUT2D eigenvalue weighted by Crippen LogP contribution is -2.35. The number of rotatable bonds is 4. The quantitative estimate of drug-likeness (QED) is 0.910. The average Bonchev–Trinajstić information content (AvgIpc) is 2.45. The van der Waals surface area contributed by atoms with Gasteiger partial charge in [-0.25, -0.2) is 0 Å². The molecule has 20 heavy (non-hydrogen) atoms. The molecule has 1 fully saturated rings. The van der Waals surface area contributed by atoms with Crippen molar-refractivity contribution in [3.63, 3.8) is 0 Å². The molecule has 0 heterocycles. The van der Waals surface area contributed by atoms with Gasteiger partial charge in [0.25, 0.3) is 0 Å². The Balaban J connectivity index is 1.90. The summed E-state index contributed by atoms with van der Waals surface area (Å²) in [7, 11) is 1.60. The van der Waals surface area contributed by atoms with E-state index in [1.54, 1.807) is 7.11 Å². The molecule has 0 aliphatic heterocycles. The van der Waals surface area contributed by atoms with Crippen molar-refractivity contribution in [2.75, 3.05) is 7.11 Å². The highest BCUT2D eigenvalue weighted by atomic mass is 16.5. The van der Waals surface area contributed by atoms with Crippen LogP contribution in [0.15, 0.2) is 18.2 Å². The molecular weight excluding hydrogens is 248 g/mol. The zero-order valence-electron chi connectivity index (χ0n) is 12.7. The summed E-state index contributed by atoms with van der Waals surface area (Å²) in [5.74, 6) is 0.649. The number of ether oxygens (including phenoxy) is 1. The highest BCUT2D eigenvalue weighted by Gasteiger charge is 2.26. The molecule has 0 aromatic heterocycles. The van der Waals surface area contributed by atoms with E-state index in [1.165, 1.54) is 25.7 Å². The van der Waals surface area contributed by atoms with Crippen molar-refractivity contribution in [1.29, 1.82) is 5.26 Å². The first kappa shape index (κ1) is 14.9. The Hall–Kier alpha value is -1.53. The van der Waals surface area contributed by atoms with Gasteiger partial charge in [0.2, 0.25) is 0 Å². The molecule has 1 aromatic carbocycles. The summed E-state index contributed by atoms with van der Waals surface area (Å²) in [6.45, 7) is 5.53. The Bertz CT molecular complexity index is 492. The number of methoxy groups -OCH3 is 1. The van der Waals surface area contributed by atoms with Gasteiger partial charge in [0.05, 0.1) is 12.7 Å². The van der Waals surface area contributed by atoms with Crippen molar-refractivity contribution in [2.24, 2.45) is 5.41 Å². The molecule has 1 aliphatic rings. The van der Waals surface area contributed by atoms with Crippen molar-refractivity contribution in [1.82, 2.24) is 5.32 Å². The molecule has 108 valence electrons. The molecule has 3 nitrogen and oxygen atoms in total. The maximum Gasteiger partial charge on any atom is 0.136 e. The van der Waals surface area contributed by atoms with E-state index >= 15 is 0 Å². The van der Waals surface area contributed by atoms with E-state index in [-0.39, 0.29) is 0 Å². The van der Waals surface area contributed by atoms with Gasteiger partial charge < -0.3 is 10.1 Å². The SMILES string of the molecule is COc1ccc(CNC2CCC(C)(C)CC2)cc1C#N. The van der Waals surface area contributed by atoms with Gasteiger partial charge in [0, 0.05) is 12.6 Å². The zero-order chi connectivity index (χ0) is 14.6. The summed E-state index contributed by atoms with van der Waals surface area (Å²) in [5.41, 5.74) is 2.26. The number of nitriles is 1. The van der Waals surface area contributed by atoms with Gasteiger partial charge in [-0.1, -0.05) is 19.9 Å². The largest absolute Gasteiger partial charge is 0.495 e. The van der Waals surface area contributed by atoms with Gasteiger partial charge in [-0.2, -0.15) is 5.26 Å². The molecule has 0 unspecified atom stereocenters. The standard InChI is InChI=1S/C17H24N2O/c1-17(2)8-6-15(7-9-17)19-12-13-4-5-16(20-3)14(10-13)11-18/h4-5,10,15,19H,6-9,12H2,1-3H3. The third-order valence-corrected chi connectivity index (χ3v) is 4.32. The van der Waals surface area contributed by atoms with E-state index in [2.05, 4.69) is 25.2 Å². The van der Waals surface area contributed by atoms with Crippen molar-refractivity contribution < 1.29 is 4.74 Å². The number of nitrogens with zero attached hydrogens (tertiary/aromatic N) is 1. The minimum atomic E-state index is 0.506. The molecule has 1 N–H and O–H groups in total. The van der Waals surface area contributed by atoms with Crippen LogP contribution >= 0.6 is 0 Å². The van der Waals surface area contributed by atoms with Gasteiger partial charge in [-0.3, -0.25) is 0 Å². The summed E-state index contributed by atoms with van der Waals surface area (Å²) in [4.78, 5) is 0. The molecule has 1 aliphatic carbocycles. The molecule has 3 heteroatoms. The lowest BCUT2D eigenvalue weighted by Gasteiger charge is -2.34. The predicted octanol–water partition coefficient (Wildman–Crippen LogP) is 3.63. The number of benzene rings is 1. The summed E-state index contributed by atoms with van der Waals surface area (Å²) >= 11 is 0. The maximum absolute atomic E-state index is 9.10. The smallest absolute Gasteiger partial charge is 0.136 e. The van der Waals surface area contributed by atoms with Crippen molar-refractivity contribution in [3.05, 3.63) is 29.3 Å². The second-order valence-corrected chi connectivity index (χ2v) is 6.47. The molecule has 1 aromatic rings. The third-order valence-electron chi connectivity index (χ3n) is 4.32. The second-order valence-electron chi connectivity index (χ2n) is 6.47. The van der Waals surface area contributed by atoms with Crippen molar-refractivity contribution in [2.45, 2.75) is 52.1 Å². The first-order valence-electron chi connectivity index (χ1n) is 7.34. The van der Waals surface area contributed by atoms with E-state index in [0.717, 1.165) is 12.1 Å². The number of nitrogens with one attached hydrogen (secondary N) is 1. The number of hydrogen-bond donors (Lipinski definition) is 1. The average molecular weight is 272 g/mol. The molecule has 1 saturated carbocycles. The molecule has 0 amide bonds. The van der Waals surface area contributed by atoms with Crippen LogP contribution in [0.5, 0.6) is 5.75 Å². The van der Waals surface area contributed by atoms with Gasteiger partial charge in [-0.05, 0) is 48.8 Å². The van der Waals surface area contributed by atoms with Crippen LogP contribution in [0.3, 0.4) is 0 Å². The Labute approximate surface area is 121 Å². The predicted molar refractivity (Wildman–Crippen MR) is 80.6 cm³/mol. The summed E-state index contributed by atoms with van der Waals surface area (Å²) in [6.07, 6.45) is 5.07. The third kappa shape index (κ3) is 3.74. The first-order chi connectivity index (χ1) is 9.54. The molecule has 0 bridgehead atoms. The van der Waals surface area contributed by atoms with Crippen molar-refractivity contribution in [3.8, 4) is 11.8 Å². The first-order valence-corrected chi connectivity index (χ1v) is 7.34. The van der Waals surface area contributed by atoms with Gasteiger partial charge in [0.15, 0.2) is 0 Å². The van der Waals surface area contributed by atoms with E-state index in [0.29, 0.717) is 22.8 Å². The Kier molecular flexibility index (Phi) is 4.67. The van der Waals surface area contributed by atoms with Crippen LogP contribution in [-0.4, -0.2) is 13.2 Å². The molecular formula is C17H24N2O. The zero-order valence-corrected chi connectivity index (χ0v) is 12.7. The van der Waals surface area contributed by atoms with Crippen LogP contribution in [0, 0.1) is 16.7 Å². The minimum Gasteiger partial charge on any atom is -0.495 e. The topological polar surface area (TPSA) is 45.0 Å². The van der Waals surface area contributed by atoms with Crippen LogP contribution in [-0.2, 0) is 6.54 Å². The van der Waals surface area contributed by atoms with Crippen LogP contribution < -0.4 is 10.1 Å². The fourth-order valence-electron chi connectivity index (χ4n) is 2.82. The van der Waals surface area contributed by atoms with E-state index in [9.17, 15) is 0 Å². The lowest BCUT2D eigenvalue weighted by atomic mass is 9.75. The Morgan fingerprint density at radius 1 is 1.35 bits per heavy atom. The van der Waals surface area contributed by atoms with Gasteiger partial charge in [-0.15, -0.1) is 0 Å². The molecule has 0 radical (unpaired) electrons. The van der Waals surface area contributed by atoms with E-state index < -0.39 is 0 Å². The second kappa shape index (κ2) is 6.28. The summed E-state index contributed by atoms with van der Waals surface area (Å²) in [6, 6.07) is 8.61. The molecule has 2 rings (SSSR count).